The van der Waals surface area contributed by atoms with Crippen LogP contribution in [-0.2, 0) is 23.9 Å². The molecule has 0 aliphatic heterocycles. The van der Waals surface area contributed by atoms with Gasteiger partial charge in [-0.1, -0.05) is 58.0 Å². The lowest BCUT2D eigenvalue weighted by Gasteiger charge is -2.32. The molecule has 0 unspecified atom stereocenters. The molecule has 0 aliphatic carbocycles. The maximum absolute atomic E-state index is 13.2. The zero-order valence-corrected chi connectivity index (χ0v) is 24.3. The zero-order chi connectivity index (χ0) is 31.3. The van der Waals surface area contributed by atoms with E-state index in [1.807, 2.05) is 13.8 Å². The number of benzene rings is 1. The lowest BCUT2D eigenvalue weighted by Crippen LogP contribution is -2.60. The summed E-state index contributed by atoms with van der Waals surface area (Å²) in [5, 5.41) is 49.0. The Bertz CT molecular complexity index is 977. The summed E-state index contributed by atoms with van der Waals surface area (Å²) in [5.41, 5.74) is 6.38. The Balaban J connectivity index is 3.06. The molecule has 0 spiro atoms. The Morgan fingerprint density at radius 2 is 1.49 bits per heavy atom. The maximum Gasteiger partial charge on any atom is 0.305 e. The molecule has 0 fully saturated rings. The van der Waals surface area contributed by atoms with Crippen molar-refractivity contribution in [2.45, 2.75) is 89.9 Å². The van der Waals surface area contributed by atoms with Gasteiger partial charge in [0.2, 0.25) is 11.8 Å². The monoisotopic (exact) mass is 582 g/mol. The van der Waals surface area contributed by atoms with Gasteiger partial charge in [0.15, 0.2) is 6.10 Å². The molecule has 13 heteroatoms. The summed E-state index contributed by atoms with van der Waals surface area (Å²) in [6, 6.07) is 4.04. The largest absolute Gasteiger partial charge is 0.481 e. The number of carboxylic acids is 1. The second-order valence-corrected chi connectivity index (χ2v) is 10.7. The molecule has 0 radical (unpaired) electrons. The quantitative estimate of drug-likeness (QED) is 0.110. The molecule has 13 nitrogen and oxygen atoms in total. The molecule has 0 bridgehead atoms. The van der Waals surface area contributed by atoms with Gasteiger partial charge in [-0.25, -0.2) is 0 Å². The van der Waals surface area contributed by atoms with Crippen LogP contribution >= 0.6 is 0 Å². The van der Waals surface area contributed by atoms with Crippen molar-refractivity contribution < 1.29 is 44.3 Å². The van der Waals surface area contributed by atoms with Crippen LogP contribution < -0.4 is 21.7 Å². The van der Waals surface area contributed by atoms with E-state index in [0.717, 1.165) is 0 Å². The van der Waals surface area contributed by atoms with Crippen LogP contribution in [0.1, 0.15) is 59.1 Å². The van der Waals surface area contributed by atoms with Gasteiger partial charge in [0, 0.05) is 6.61 Å². The molecule has 0 aromatic heterocycles. The van der Waals surface area contributed by atoms with Crippen molar-refractivity contribution >= 4 is 23.7 Å². The number of amides is 3. The van der Waals surface area contributed by atoms with Crippen molar-refractivity contribution in [1.29, 1.82) is 0 Å². The lowest BCUT2D eigenvalue weighted by atomic mass is 9.97. The summed E-state index contributed by atoms with van der Waals surface area (Å²) in [5.74, 6) is -3.71. The highest BCUT2D eigenvalue weighted by atomic mass is 16.5. The second kappa shape index (κ2) is 17.7. The Hall–Kier alpha value is -3.10. The van der Waals surface area contributed by atoms with Gasteiger partial charge < -0.3 is 46.8 Å². The fraction of sp³-hybridized carbons (Fsp3) is 0.643. The summed E-state index contributed by atoms with van der Waals surface area (Å²) < 4.78 is 5.35. The maximum atomic E-state index is 13.2. The summed E-state index contributed by atoms with van der Waals surface area (Å²) in [4.78, 5) is 49.9. The van der Waals surface area contributed by atoms with Crippen molar-refractivity contribution in [1.82, 2.24) is 16.0 Å². The number of hydrogen-bond acceptors (Lipinski definition) is 9. The van der Waals surface area contributed by atoms with Crippen LogP contribution in [0.3, 0.4) is 0 Å². The average molecular weight is 583 g/mol. The van der Waals surface area contributed by atoms with Crippen molar-refractivity contribution in [3.8, 4) is 0 Å². The smallest absolute Gasteiger partial charge is 0.305 e. The van der Waals surface area contributed by atoms with E-state index in [-0.39, 0.29) is 31.5 Å². The molecular formula is C28H46N4O9. The summed E-state index contributed by atoms with van der Waals surface area (Å²) in [6.45, 7) is 8.83. The van der Waals surface area contributed by atoms with E-state index in [2.05, 4.69) is 16.0 Å². The first-order chi connectivity index (χ1) is 19.2. The first kappa shape index (κ1) is 35.9. The fourth-order valence-electron chi connectivity index (χ4n) is 3.98. The minimum Gasteiger partial charge on any atom is -0.481 e. The Labute approximate surface area is 240 Å². The highest BCUT2D eigenvalue weighted by Gasteiger charge is 2.38. The third-order valence-corrected chi connectivity index (χ3v) is 6.44. The molecule has 7 atom stereocenters. The van der Waals surface area contributed by atoms with Gasteiger partial charge in [0.1, 0.15) is 18.2 Å². The Morgan fingerprint density at radius 3 is 2.00 bits per heavy atom. The standard InChI is InChI=1S/C28H46N4O9/c1-6-41-14-20(32-26(38)19(12-15(2)3)31-27(39)22(29)16(4)5)23(35)24(36)25(37)28(40)30-18(13-21(33)34)17-10-8-7-9-11-17/h7-11,15-16,18-20,22-25,35-37H,6,12-14,29H2,1-5H3,(H,30,40)(H,31,39)(H,32,38)(H,33,34)/t18-,19-,20-,22-,23+,24+,25-/m0/s1. The summed E-state index contributed by atoms with van der Waals surface area (Å²) >= 11 is 0. The molecular weight excluding hydrogens is 536 g/mol. The number of nitrogens with one attached hydrogen (secondary N) is 3. The van der Waals surface area contributed by atoms with Crippen molar-refractivity contribution in [2.24, 2.45) is 17.6 Å². The predicted octanol–water partition coefficient (Wildman–Crippen LogP) is -0.563. The molecule has 0 aliphatic rings. The van der Waals surface area contributed by atoms with Gasteiger partial charge >= 0.3 is 5.97 Å². The second-order valence-electron chi connectivity index (χ2n) is 10.7. The van der Waals surface area contributed by atoms with E-state index in [0.29, 0.717) is 5.56 Å². The highest BCUT2D eigenvalue weighted by molar-refractivity contribution is 5.90. The van der Waals surface area contributed by atoms with E-state index in [1.54, 1.807) is 51.1 Å². The van der Waals surface area contributed by atoms with Crippen molar-refractivity contribution in [3.63, 3.8) is 0 Å². The Kier molecular flexibility index (Phi) is 15.5. The third kappa shape index (κ3) is 12.1. The number of nitrogens with two attached hydrogens (primary N) is 1. The first-order valence-electron chi connectivity index (χ1n) is 13.7. The zero-order valence-electron chi connectivity index (χ0n) is 24.3. The van der Waals surface area contributed by atoms with E-state index in [9.17, 15) is 39.6 Å². The molecule has 0 heterocycles. The summed E-state index contributed by atoms with van der Waals surface area (Å²) in [6.07, 6.45) is -6.39. The van der Waals surface area contributed by atoms with Gasteiger partial charge in [-0.3, -0.25) is 19.2 Å². The predicted molar refractivity (Wildman–Crippen MR) is 150 cm³/mol. The van der Waals surface area contributed by atoms with Crippen LogP contribution in [0.25, 0.3) is 0 Å². The van der Waals surface area contributed by atoms with Crippen molar-refractivity contribution in [2.75, 3.05) is 13.2 Å². The number of carboxylic acid groups (broad SMARTS) is 1. The van der Waals surface area contributed by atoms with Gasteiger partial charge in [0.05, 0.1) is 31.2 Å². The number of aliphatic carboxylic acids is 1. The number of carbonyl (C=O) groups excluding carboxylic acids is 3. The SMILES string of the molecule is CCOC[C@H](NC(=O)[C@H](CC(C)C)NC(=O)[C@@H](N)C(C)C)[C@@H](O)[C@@H](O)[C@H](O)C(=O)N[C@@H](CC(=O)O)c1ccccc1. The topological polar surface area (TPSA) is 221 Å². The van der Waals surface area contributed by atoms with Gasteiger partial charge in [-0.15, -0.1) is 0 Å². The van der Waals surface area contributed by atoms with Gasteiger partial charge in [-0.05, 0) is 30.7 Å². The number of rotatable bonds is 18. The average Bonchev–Trinajstić information content (AvgIpc) is 2.92. The number of ether oxygens (including phenoxy) is 1. The number of carbonyl (C=O) groups is 4. The highest BCUT2D eigenvalue weighted by Crippen LogP contribution is 2.18. The minimum absolute atomic E-state index is 0.00365. The first-order valence-corrected chi connectivity index (χ1v) is 13.7. The van der Waals surface area contributed by atoms with Crippen LogP contribution in [0.2, 0.25) is 0 Å². The van der Waals surface area contributed by atoms with Crippen LogP contribution in [0, 0.1) is 11.8 Å². The van der Waals surface area contributed by atoms with E-state index >= 15 is 0 Å². The van der Waals surface area contributed by atoms with Crippen molar-refractivity contribution in [3.05, 3.63) is 35.9 Å². The molecule has 1 rings (SSSR count). The Morgan fingerprint density at radius 1 is 0.878 bits per heavy atom. The van der Waals surface area contributed by atoms with Crippen LogP contribution in [0.15, 0.2) is 30.3 Å². The minimum atomic E-state index is -2.18. The molecule has 232 valence electrons. The van der Waals surface area contributed by atoms with Crippen LogP contribution in [0.5, 0.6) is 0 Å². The molecule has 9 N–H and O–H groups in total. The number of aliphatic hydroxyl groups excluding tert-OH is 3. The normalized spacial score (nSPS) is 16.7. The summed E-state index contributed by atoms with van der Waals surface area (Å²) in [7, 11) is 0. The third-order valence-electron chi connectivity index (χ3n) is 6.44. The lowest BCUT2D eigenvalue weighted by molar-refractivity contribution is -0.145. The van der Waals surface area contributed by atoms with Crippen LogP contribution in [-0.4, -0.2) is 93.8 Å². The molecule has 0 saturated heterocycles. The van der Waals surface area contributed by atoms with E-state index < -0.39 is 72.6 Å². The molecule has 0 saturated carbocycles. The van der Waals surface area contributed by atoms with Gasteiger partial charge in [-0.2, -0.15) is 0 Å². The van der Waals surface area contributed by atoms with Crippen LogP contribution in [0.4, 0.5) is 0 Å². The van der Waals surface area contributed by atoms with Gasteiger partial charge in [0.25, 0.3) is 5.91 Å². The number of hydrogen-bond donors (Lipinski definition) is 8. The molecule has 41 heavy (non-hydrogen) atoms. The molecule has 1 aromatic carbocycles. The van der Waals surface area contributed by atoms with E-state index in [4.69, 9.17) is 10.5 Å². The molecule has 1 aromatic rings. The fourth-order valence-corrected chi connectivity index (χ4v) is 3.98. The van der Waals surface area contributed by atoms with E-state index in [1.165, 1.54) is 0 Å². The molecule has 3 amide bonds. The number of aliphatic hydroxyl groups is 3.